The van der Waals surface area contributed by atoms with Crippen LogP contribution >= 0.6 is 0 Å². The molecule has 0 aliphatic rings. The van der Waals surface area contributed by atoms with Crippen molar-refractivity contribution in [1.82, 2.24) is 4.98 Å². The van der Waals surface area contributed by atoms with Crippen LogP contribution in [0, 0.1) is 0 Å². The Labute approximate surface area is 73.9 Å². The molecular weight excluding hydrogens is 207 g/mol. The lowest BCUT2D eigenvalue weighted by Gasteiger charge is -2.07. The minimum absolute atomic E-state index is 0.727. The summed E-state index contributed by atoms with van der Waals surface area (Å²) < 4.78 is 55.2. The Morgan fingerprint density at radius 3 is 2.46 bits per heavy atom. The van der Waals surface area contributed by atoms with Crippen LogP contribution in [0.3, 0.4) is 0 Å². The molecule has 7 heteroatoms. The predicted octanol–water partition coefficient (Wildman–Crippen LogP) is 1.68. The van der Waals surface area contributed by atoms with E-state index in [1.165, 1.54) is 6.07 Å². The van der Waals surface area contributed by atoms with Gasteiger partial charge in [-0.3, -0.25) is 4.98 Å². The fraction of sp³-hybridized carbons (Fsp3) is 0.167. The van der Waals surface area contributed by atoms with Gasteiger partial charge in [-0.15, -0.1) is 0 Å². The summed E-state index contributed by atoms with van der Waals surface area (Å²) in [5.74, 6) is 0. The van der Waals surface area contributed by atoms with Crippen LogP contribution in [-0.4, -0.2) is 13.7 Å². The second-order valence-corrected chi connectivity index (χ2v) is 3.04. The van der Waals surface area contributed by atoms with E-state index in [4.69, 9.17) is 4.55 Å². The lowest BCUT2D eigenvalue weighted by Crippen LogP contribution is -2.12. The van der Waals surface area contributed by atoms with Gasteiger partial charge in [-0.1, -0.05) is 0 Å². The summed E-state index contributed by atoms with van der Waals surface area (Å²) in [7, 11) is 0. The van der Waals surface area contributed by atoms with E-state index < -0.39 is 27.8 Å². The molecule has 1 aromatic rings. The quantitative estimate of drug-likeness (QED) is 0.719. The molecule has 72 valence electrons. The Morgan fingerprint density at radius 1 is 1.46 bits per heavy atom. The summed E-state index contributed by atoms with van der Waals surface area (Å²) >= 11 is -2.67. The first-order valence-corrected chi connectivity index (χ1v) is 4.16. The van der Waals surface area contributed by atoms with Crippen LogP contribution in [0.25, 0.3) is 0 Å². The Hall–Kier alpha value is -0.950. The zero-order valence-corrected chi connectivity index (χ0v) is 6.89. The molecule has 0 saturated heterocycles. The van der Waals surface area contributed by atoms with Crippen LogP contribution in [0.4, 0.5) is 13.2 Å². The molecule has 3 nitrogen and oxygen atoms in total. The van der Waals surface area contributed by atoms with Gasteiger partial charge >= 0.3 is 6.18 Å². The van der Waals surface area contributed by atoms with E-state index in [-0.39, 0.29) is 0 Å². The van der Waals surface area contributed by atoms with Crippen molar-refractivity contribution in [1.29, 1.82) is 0 Å². The maximum absolute atomic E-state index is 12.1. The molecular formula is C6H4F3NO2S. The van der Waals surface area contributed by atoms with Crippen molar-refractivity contribution in [2.45, 2.75) is 11.1 Å². The highest BCUT2D eigenvalue weighted by atomic mass is 32.2. The van der Waals surface area contributed by atoms with Crippen LogP contribution in [0.5, 0.6) is 0 Å². The van der Waals surface area contributed by atoms with E-state index in [0.29, 0.717) is 0 Å². The zero-order valence-electron chi connectivity index (χ0n) is 6.08. The number of halogens is 3. The summed E-state index contributed by atoms with van der Waals surface area (Å²) in [6.07, 6.45) is -3.78. The number of pyridine rings is 1. The molecule has 1 atom stereocenters. The molecule has 1 N–H and O–H groups in total. The third kappa shape index (κ3) is 2.25. The molecule has 1 rings (SSSR count). The molecule has 0 aliphatic heterocycles. The number of rotatable bonds is 1. The smallest absolute Gasteiger partial charge is 0.302 e. The Kier molecular flexibility index (Phi) is 2.67. The Bertz CT molecular complexity index is 339. The number of alkyl halides is 3. The van der Waals surface area contributed by atoms with Gasteiger partial charge in [0.1, 0.15) is 0 Å². The largest absolute Gasteiger partial charge is 0.434 e. The number of hydrogen-bond donors (Lipinski definition) is 1. The predicted molar refractivity (Wildman–Crippen MR) is 38.3 cm³/mol. The summed E-state index contributed by atoms with van der Waals surface area (Å²) in [6, 6.07) is 2.07. The van der Waals surface area contributed by atoms with E-state index >= 15 is 0 Å². The molecule has 0 fully saturated rings. The van der Waals surface area contributed by atoms with Gasteiger partial charge in [0.2, 0.25) is 0 Å². The third-order valence-corrected chi connectivity index (χ3v) is 1.93. The normalized spacial score (nSPS) is 14.2. The summed E-state index contributed by atoms with van der Waals surface area (Å²) in [5, 5.41) is 0. The molecule has 1 unspecified atom stereocenters. The third-order valence-electron chi connectivity index (χ3n) is 1.23. The fourth-order valence-corrected chi connectivity index (χ4v) is 1.27. The van der Waals surface area contributed by atoms with Gasteiger partial charge in [-0.05, 0) is 12.1 Å². The van der Waals surface area contributed by atoms with Crippen molar-refractivity contribution >= 4 is 11.1 Å². The molecule has 0 amide bonds. The molecule has 0 aliphatic carbocycles. The van der Waals surface area contributed by atoms with Gasteiger partial charge < -0.3 is 4.55 Å². The molecule has 0 radical (unpaired) electrons. The van der Waals surface area contributed by atoms with Crippen LogP contribution in [-0.2, 0) is 17.3 Å². The Morgan fingerprint density at radius 2 is 2.08 bits per heavy atom. The van der Waals surface area contributed by atoms with Crippen LogP contribution in [0.15, 0.2) is 23.2 Å². The van der Waals surface area contributed by atoms with Crippen LogP contribution < -0.4 is 0 Å². The first-order chi connectivity index (χ1) is 5.93. The van der Waals surface area contributed by atoms with Crippen molar-refractivity contribution < 1.29 is 21.9 Å². The van der Waals surface area contributed by atoms with E-state index in [2.05, 4.69) is 4.98 Å². The van der Waals surface area contributed by atoms with Gasteiger partial charge in [-0.25, -0.2) is 4.21 Å². The number of aromatic nitrogens is 1. The first kappa shape index (κ1) is 10.1. The summed E-state index contributed by atoms with van der Waals surface area (Å²) in [5.41, 5.74) is -1.32. The van der Waals surface area contributed by atoms with Crippen molar-refractivity contribution in [2.75, 3.05) is 0 Å². The van der Waals surface area contributed by atoms with E-state index in [1.807, 2.05) is 0 Å². The highest BCUT2D eigenvalue weighted by molar-refractivity contribution is 7.79. The van der Waals surface area contributed by atoms with Crippen LogP contribution in [0.1, 0.15) is 5.69 Å². The average molecular weight is 211 g/mol. The SMILES string of the molecule is O=S(O)c1cccnc1C(F)(F)F. The highest BCUT2D eigenvalue weighted by Crippen LogP contribution is 2.30. The lowest BCUT2D eigenvalue weighted by atomic mass is 10.3. The molecule has 0 bridgehead atoms. The zero-order chi connectivity index (χ0) is 10.1. The van der Waals surface area contributed by atoms with Gasteiger partial charge in [0.15, 0.2) is 16.8 Å². The maximum Gasteiger partial charge on any atom is 0.434 e. The Balaban J connectivity index is 3.28. The first-order valence-electron chi connectivity index (χ1n) is 3.06. The number of hydrogen-bond acceptors (Lipinski definition) is 2. The van der Waals surface area contributed by atoms with Gasteiger partial charge in [0.05, 0.1) is 4.90 Å². The fourth-order valence-electron chi connectivity index (χ4n) is 0.744. The second kappa shape index (κ2) is 3.43. The van der Waals surface area contributed by atoms with Crippen molar-refractivity contribution in [2.24, 2.45) is 0 Å². The van der Waals surface area contributed by atoms with Gasteiger partial charge in [0.25, 0.3) is 0 Å². The minimum Gasteiger partial charge on any atom is -0.302 e. The summed E-state index contributed by atoms with van der Waals surface area (Å²) in [6.45, 7) is 0. The van der Waals surface area contributed by atoms with Crippen LogP contribution in [0.2, 0.25) is 0 Å². The molecule has 0 spiro atoms. The minimum atomic E-state index is -4.70. The van der Waals surface area contributed by atoms with Gasteiger partial charge in [0, 0.05) is 6.20 Å². The van der Waals surface area contributed by atoms with Crippen molar-refractivity contribution in [3.05, 3.63) is 24.0 Å². The van der Waals surface area contributed by atoms with Crippen molar-refractivity contribution in [3.8, 4) is 0 Å². The maximum atomic E-state index is 12.1. The lowest BCUT2D eigenvalue weighted by molar-refractivity contribution is -0.143. The summed E-state index contributed by atoms with van der Waals surface area (Å²) in [4.78, 5) is 2.27. The van der Waals surface area contributed by atoms with E-state index in [1.54, 1.807) is 0 Å². The monoisotopic (exact) mass is 211 g/mol. The molecule has 1 aromatic heterocycles. The molecule has 1 heterocycles. The molecule has 0 aromatic carbocycles. The van der Waals surface area contributed by atoms with E-state index in [9.17, 15) is 17.4 Å². The average Bonchev–Trinajstić information content (AvgIpc) is 2.03. The molecule has 13 heavy (non-hydrogen) atoms. The topological polar surface area (TPSA) is 50.2 Å². The van der Waals surface area contributed by atoms with E-state index in [0.717, 1.165) is 12.3 Å². The standard InChI is InChI=1S/C6H4F3NO2S/c7-6(8,9)5-4(13(11)12)2-1-3-10-5/h1-3H,(H,11,12). The highest BCUT2D eigenvalue weighted by Gasteiger charge is 2.36. The molecule has 0 saturated carbocycles. The second-order valence-electron chi connectivity index (χ2n) is 2.10. The number of nitrogens with zero attached hydrogens (tertiary/aromatic N) is 1. The van der Waals surface area contributed by atoms with Crippen molar-refractivity contribution in [3.63, 3.8) is 0 Å². The van der Waals surface area contributed by atoms with Gasteiger partial charge in [-0.2, -0.15) is 13.2 Å².